The number of sulfone groups is 1. The van der Waals surface area contributed by atoms with E-state index in [-0.39, 0.29) is 21.0 Å². The standard InChI is InChI=1S/C21H20FNO6S3/c1-4-13-5-6-14(21(24)29-2)11-19(13)32(27,28)23-17-12-15(31(3,25)26)7-8-16(17)18-9-10-20(22)30-18/h5-12,23H,4H2,1-3H3. The molecule has 2 aromatic carbocycles. The number of anilines is 1. The minimum Gasteiger partial charge on any atom is -0.465 e. The van der Waals surface area contributed by atoms with Gasteiger partial charge in [0.2, 0.25) is 0 Å². The summed E-state index contributed by atoms with van der Waals surface area (Å²) >= 11 is 0.795. The number of rotatable bonds is 7. The number of thiophene rings is 1. The molecule has 0 unspecified atom stereocenters. The summed E-state index contributed by atoms with van der Waals surface area (Å²) in [5.41, 5.74) is 0.793. The van der Waals surface area contributed by atoms with E-state index in [4.69, 9.17) is 0 Å². The Labute approximate surface area is 189 Å². The molecule has 3 aromatic rings. The predicted molar refractivity (Wildman–Crippen MR) is 121 cm³/mol. The van der Waals surface area contributed by atoms with E-state index in [1.54, 1.807) is 6.92 Å². The number of benzene rings is 2. The summed E-state index contributed by atoms with van der Waals surface area (Å²) in [6.45, 7) is 1.76. The Balaban J connectivity index is 2.17. The lowest BCUT2D eigenvalue weighted by Gasteiger charge is -2.16. The summed E-state index contributed by atoms with van der Waals surface area (Å²) in [5.74, 6) is -0.696. The van der Waals surface area contributed by atoms with E-state index < -0.39 is 31.0 Å². The van der Waals surface area contributed by atoms with Gasteiger partial charge in [-0.05, 0) is 48.4 Å². The highest BCUT2D eigenvalue weighted by atomic mass is 32.2. The first-order valence-electron chi connectivity index (χ1n) is 9.30. The lowest BCUT2D eigenvalue weighted by atomic mass is 10.1. The lowest BCUT2D eigenvalue weighted by Crippen LogP contribution is -2.17. The summed E-state index contributed by atoms with van der Waals surface area (Å²) in [7, 11) is -6.70. The van der Waals surface area contributed by atoms with Crippen LogP contribution in [0.25, 0.3) is 10.4 Å². The molecule has 1 N–H and O–H groups in total. The number of carbonyl (C=O) groups is 1. The average molecular weight is 498 g/mol. The lowest BCUT2D eigenvalue weighted by molar-refractivity contribution is 0.0600. The number of ether oxygens (including phenoxy) is 1. The summed E-state index contributed by atoms with van der Waals surface area (Å²) in [4.78, 5) is 12.1. The van der Waals surface area contributed by atoms with E-state index in [9.17, 15) is 26.0 Å². The molecular weight excluding hydrogens is 477 g/mol. The third-order valence-corrected chi connectivity index (χ3v) is 8.13. The maximum atomic E-state index is 13.6. The average Bonchev–Trinajstić information content (AvgIpc) is 3.17. The molecule has 3 rings (SSSR count). The third-order valence-electron chi connectivity index (χ3n) is 4.66. The van der Waals surface area contributed by atoms with Gasteiger partial charge in [-0.3, -0.25) is 4.72 Å². The van der Waals surface area contributed by atoms with Crippen LogP contribution in [-0.4, -0.2) is 36.2 Å². The second-order valence-electron chi connectivity index (χ2n) is 6.86. The molecule has 0 amide bonds. The molecule has 170 valence electrons. The van der Waals surface area contributed by atoms with Gasteiger partial charge in [0.15, 0.2) is 15.0 Å². The number of sulfonamides is 1. The van der Waals surface area contributed by atoms with Crippen LogP contribution in [0.3, 0.4) is 0 Å². The summed E-state index contributed by atoms with van der Waals surface area (Å²) in [5, 5.41) is -0.472. The van der Waals surface area contributed by atoms with E-state index in [2.05, 4.69) is 9.46 Å². The third kappa shape index (κ3) is 5.00. The molecule has 0 radical (unpaired) electrons. The largest absolute Gasteiger partial charge is 0.465 e. The van der Waals surface area contributed by atoms with Gasteiger partial charge in [-0.25, -0.2) is 21.6 Å². The maximum Gasteiger partial charge on any atom is 0.337 e. The van der Waals surface area contributed by atoms with Crippen molar-refractivity contribution in [1.82, 2.24) is 0 Å². The quantitative estimate of drug-likeness (QED) is 0.493. The molecule has 1 aromatic heterocycles. The van der Waals surface area contributed by atoms with Crippen molar-refractivity contribution < 1.29 is 30.8 Å². The molecule has 0 spiro atoms. The van der Waals surface area contributed by atoms with Crippen LogP contribution >= 0.6 is 11.3 Å². The highest BCUT2D eigenvalue weighted by Crippen LogP contribution is 2.36. The van der Waals surface area contributed by atoms with E-state index in [0.29, 0.717) is 22.4 Å². The number of esters is 1. The molecule has 1 heterocycles. The number of methoxy groups -OCH3 is 1. The van der Waals surface area contributed by atoms with Gasteiger partial charge in [0, 0.05) is 16.7 Å². The number of aryl methyl sites for hydroxylation is 1. The van der Waals surface area contributed by atoms with E-state index in [1.807, 2.05) is 0 Å². The Hall–Kier alpha value is -2.76. The zero-order valence-electron chi connectivity index (χ0n) is 17.4. The van der Waals surface area contributed by atoms with Crippen LogP contribution < -0.4 is 4.72 Å². The van der Waals surface area contributed by atoms with Crippen LogP contribution in [0.1, 0.15) is 22.8 Å². The van der Waals surface area contributed by atoms with E-state index in [0.717, 1.165) is 17.6 Å². The molecule has 0 aliphatic rings. The van der Waals surface area contributed by atoms with E-state index in [1.165, 1.54) is 55.6 Å². The number of carbonyl (C=O) groups excluding carboxylic acids is 1. The van der Waals surface area contributed by atoms with Crippen molar-refractivity contribution in [3.63, 3.8) is 0 Å². The Bertz CT molecular complexity index is 1390. The van der Waals surface area contributed by atoms with Crippen molar-refractivity contribution >= 4 is 42.9 Å². The number of hydrogen-bond acceptors (Lipinski definition) is 7. The fraction of sp³-hybridized carbons (Fsp3) is 0.190. The van der Waals surface area contributed by atoms with Crippen molar-refractivity contribution in [2.45, 2.75) is 23.1 Å². The fourth-order valence-electron chi connectivity index (χ4n) is 3.05. The summed E-state index contributed by atoms with van der Waals surface area (Å²) < 4.78 is 71.4. The summed E-state index contributed by atoms with van der Waals surface area (Å²) in [6, 6.07) is 10.8. The Morgan fingerprint density at radius 3 is 2.34 bits per heavy atom. The fourth-order valence-corrected chi connectivity index (χ4v) is 5.88. The predicted octanol–water partition coefficient (Wildman–Crippen LogP) is 4.11. The summed E-state index contributed by atoms with van der Waals surface area (Å²) in [6.07, 6.45) is 1.37. The first-order chi connectivity index (χ1) is 15.0. The SMILES string of the molecule is CCc1ccc(C(=O)OC)cc1S(=O)(=O)Nc1cc(S(C)(=O)=O)ccc1-c1ccc(F)s1. The molecular formula is C21H20FNO6S3. The topological polar surface area (TPSA) is 107 Å². The molecule has 0 saturated carbocycles. The van der Waals surface area contributed by atoms with Crippen molar-refractivity contribution in [2.24, 2.45) is 0 Å². The first-order valence-corrected chi connectivity index (χ1v) is 13.5. The van der Waals surface area contributed by atoms with Crippen LogP contribution in [0.4, 0.5) is 10.1 Å². The van der Waals surface area contributed by atoms with Gasteiger partial charge in [-0.1, -0.05) is 19.1 Å². The van der Waals surface area contributed by atoms with Crippen molar-refractivity contribution in [3.05, 3.63) is 64.8 Å². The normalized spacial score (nSPS) is 11.9. The number of nitrogens with one attached hydrogen (secondary N) is 1. The zero-order valence-corrected chi connectivity index (χ0v) is 19.8. The second kappa shape index (κ2) is 9.00. The smallest absolute Gasteiger partial charge is 0.337 e. The van der Waals surface area contributed by atoms with Crippen LogP contribution in [0.2, 0.25) is 0 Å². The van der Waals surface area contributed by atoms with Gasteiger partial charge < -0.3 is 4.74 Å². The Morgan fingerprint density at radius 1 is 1.06 bits per heavy atom. The Kier molecular flexibility index (Phi) is 6.72. The monoisotopic (exact) mass is 497 g/mol. The second-order valence-corrected chi connectivity index (χ2v) is 11.6. The van der Waals surface area contributed by atoms with Crippen LogP contribution in [0, 0.1) is 5.13 Å². The minimum atomic E-state index is -4.25. The van der Waals surface area contributed by atoms with Gasteiger partial charge in [0.25, 0.3) is 10.0 Å². The van der Waals surface area contributed by atoms with Crippen LogP contribution in [0.15, 0.2) is 58.3 Å². The van der Waals surface area contributed by atoms with Gasteiger partial charge in [0.05, 0.1) is 28.2 Å². The van der Waals surface area contributed by atoms with Crippen molar-refractivity contribution in [2.75, 3.05) is 18.1 Å². The maximum absolute atomic E-state index is 13.6. The van der Waals surface area contributed by atoms with Crippen LogP contribution in [0.5, 0.6) is 0 Å². The van der Waals surface area contributed by atoms with Gasteiger partial charge in [0.1, 0.15) is 0 Å². The molecule has 32 heavy (non-hydrogen) atoms. The van der Waals surface area contributed by atoms with Crippen molar-refractivity contribution in [3.8, 4) is 10.4 Å². The molecule has 0 fully saturated rings. The minimum absolute atomic E-state index is 0.0275. The van der Waals surface area contributed by atoms with Gasteiger partial charge in [-0.15, -0.1) is 11.3 Å². The number of hydrogen-bond donors (Lipinski definition) is 1. The van der Waals surface area contributed by atoms with Crippen molar-refractivity contribution in [1.29, 1.82) is 0 Å². The van der Waals surface area contributed by atoms with Crippen LogP contribution in [-0.2, 0) is 31.0 Å². The highest BCUT2D eigenvalue weighted by Gasteiger charge is 2.23. The zero-order chi connectivity index (χ0) is 23.7. The molecule has 0 bridgehead atoms. The molecule has 0 aliphatic carbocycles. The molecule has 0 saturated heterocycles. The highest BCUT2D eigenvalue weighted by molar-refractivity contribution is 7.92. The molecule has 7 nitrogen and oxygen atoms in total. The van der Waals surface area contributed by atoms with Gasteiger partial charge in [-0.2, -0.15) is 4.39 Å². The van der Waals surface area contributed by atoms with E-state index >= 15 is 0 Å². The molecule has 0 aliphatic heterocycles. The van der Waals surface area contributed by atoms with Gasteiger partial charge >= 0.3 is 5.97 Å². The number of halogens is 1. The molecule has 11 heteroatoms. The first kappa shape index (κ1) is 23.9. The molecule has 0 atom stereocenters. The Morgan fingerprint density at radius 2 is 1.78 bits per heavy atom.